The largest absolute Gasteiger partial charge is 0.387 e. The number of hydrogen-bond donors (Lipinski definition) is 1. The molecule has 1 aliphatic carbocycles. The lowest BCUT2D eigenvalue weighted by Gasteiger charge is -2.14. The monoisotopic (exact) mass is 208 g/mol. The molecule has 3 nitrogen and oxygen atoms in total. The minimum absolute atomic E-state index is 0.306. The number of hydrogen-bond acceptors (Lipinski definition) is 2. The molecule has 3 heteroatoms. The third kappa shape index (κ3) is 1.93. The van der Waals surface area contributed by atoms with Gasteiger partial charge in [-0.25, -0.2) is 0 Å². The van der Waals surface area contributed by atoms with Crippen molar-refractivity contribution in [2.75, 3.05) is 0 Å². The van der Waals surface area contributed by atoms with Crippen LogP contribution < -0.4 is 0 Å². The molecule has 1 N–H and O–H groups in total. The van der Waals surface area contributed by atoms with Gasteiger partial charge in [0.05, 0.1) is 11.8 Å². The van der Waals surface area contributed by atoms with Crippen molar-refractivity contribution in [1.29, 1.82) is 0 Å². The number of aryl methyl sites for hydroxylation is 1. The van der Waals surface area contributed by atoms with E-state index in [0.29, 0.717) is 11.3 Å². The van der Waals surface area contributed by atoms with Gasteiger partial charge in [0, 0.05) is 12.7 Å². The minimum Gasteiger partial charge on any atom is -0.387 e. The van der Waals surface area contributed by atoms with Crippen molar-refractivity contribution in [3.63, 3.8) is 0 Å². The molecule has 1 fully saturated rings. The fraction of sp³-hybridized carbons (Fsp3) is 0.750. The molecular weight excluding hydrogens is 188 g/mol. The highest BCUT2D eigenvalue weighted by atomic mass is 16.3. The SMILES string of the molecule is CCCn1nccc1C(O)C1CC1(C)C. The highest BCUT2D eigenvalue weighted by Gasteiger charge is 2.50. The molecular formula is C12H20N2O. The quantitative estimate of drug-likeness (QED) is 0.825. The molecule has 2 atom stereocenters. The maximum absolute atomic E-state index is 10.2. The third-order valence-electron chi connectivity index (χ3n) is 3.46. The van der Waals surface area contributed by atoms with Crippen LogP contribution >= 0.6 is 0 Å². The Kier molecular flexibility index (Phi) is 2.59. The Morgan fingerprint density at radius 1 is 1.67 bits per heavy atom. The molecule has 0 radical (unpaired) electrons. The van der Waals surface area contributed by atoms with Gasteiger partial charge in [0.25, 0.3) is 0 Å². The molecule has 0 spiro atoms. The van der Waals surface area contributed by atoms with Crippen molar-refractivity contribution < 1.29 is 5.11 Å². The first-order chi connectivity index (χ1) is 7.06. The predicted octanol–water partition coefficient (Wildman–Crippen LogP) is 2.37. The molecule has 1 aliphatic rings. The lowest BCUT2D eigenvalue weighted by Crippen LogP contribution is -2.12. The average Bonchev–Trinajstić information content (AvgIpc) is 2.63. The van der Waals surface area contributed by atoms with E-state index in [0.717, 1.165) is 25.1 Å². The van der Waals surface area contributed by atoms with E-state index in [4.69, 9.17) is 0 Å². The predicted molar refractivity (Wildman–Crippen MR) is 59.4 cm³/mol. The van der Waals surface area contributed by atoms with Gasteiger partial charge in [-0.2, -0.15) is 5.10 Å². The van der Waals surface area contributed by atoms with Gasteiger partial charge in [-0.1, -0.05) is 20.8 Å². The minimum atomic E-state index is -0.339. The summed E-state index contributed by atoms with van der Waals surface area (Å²) in [4.78, 5) is 0. The zero-order valence-electron chi connectivity index (χ0n) is 9.77. The first-order valence-corrected chi connectivity index (χ1v) is 5.76. The van der Waals surface area contributed by atoms with Gasteiger partial charge in [-0.3, -0.25) is 4.68 Å². The summed E-state index contributed by atoms with van der Waals surface area (Å²) in [6.07, 6.45) is 3.61. The van der Waals surface area contributed by atoms with Gasteiger partial charge >= 0.3 is 0 Å². The second-order valence-electron chi connectivity index (χ2n) is 5.22. The lowest BCUT2D eigenvalue weighted by atomic mass is 10.0. The van der Waals surface area contributed by atoms with Crippen LogP contribution in [0, 0.1) is 11.3 Å². The van der Waals surface area contributed by atoms with Gasteiger partial charge in [0.15, 0.2) is 0 Å². The molecule has 0 aliphatic heterocycles. The molecule has 0 aromatic carbocycles. The van der Waals surface area contributed by atoms with Crippen molar-refractivity contribution in [3.8, 4) is 0 Å². The highest BCUT2D eigenvalue weighted by Crippen LogP contribution is 2.57. The van der Waals surface area contributed by atoms with Crippen LogP contribution in [0.5, 0.6) is 0 Å². The number of aliphatic hydroxyl groups is 1. The summed E-state index contributed by atoms with van der Waals surface area (Å²) in [7, 11) is 0. The van der Waals surface area contributed by atoms with E-state index in [-0.39, 0.29) is 6.10 Å². The molecule has 1 aromatic heterocycles. The molecule has 0 saturated heterocycles. The van der Waals surface area contributed by atoms with Gasteiger partial charge in [-0.15, -0.1) is 0 Å². The molecule has 84 valence electrons. The van der Waals surface area contributed by atoms with Gasteiger partial charge in [0.2, 0.25) is 0 Å². The molecule has 1 aromatic rings. The standard InChI is InChI=1S/C12H20N2O/c1-4-7-14-10(5-6-13-14)11(15)9-8-12(9,2)3/h5-6,9,11,15H,4,7-8H2,1-3H3. The van der Waals surface area contributed by atoms with E-state index < -0.39 is 0 Å². The maximum Gasteiger partial charge on any atom is 0.0989 e. The van der Waals surface area contributed by atoms with Crippen molar-refractivity contribution in [1.82, 2.24) is 9.78 Å². The van der Waals surface area contributed by atoms with Crippen LogP contribution in [-0.2, 0) is 6.54 Å². The summed E-state index contributed by atoms with van der Waals surface area (Å²) in [5, 5.41) is 14.5. The second-order valence-corrected chi connectivity index (χ2v) is 5.22. The maximum atomic E-state index is 10.2. The average molecular weight is 208 g/mol. The van der Waals surface area contributed by atoms with E-state index in [1.54, 1.807) is 6.20 Å². The van der Waals surface area contributed by atoms with Gasteiger partial charge < -0.3 is 5.11 Å². The molecule has 1 heterocycles. The van der Waals surface area contributed by atoms with Crippen LogP contribution in [0.3, 0.4) is 0 Å². The Labute approximate surface area is 91.1 Å². The number of nitrogens with zero attached hydrogens (tertiary/aromatic N) is 2. The van der Waals surface area contributed by atoms with E-state index in [1.807, 2.05) is 10.7 Å². The zero-order valence-corrected chi connectivity index (χ0v) is 9.77. The van der Waals surface area contributed by atoms with Crippen molar-refractivity contribution in [2.45, 2.75) is 46.3 Å². The van der Waals surface area contributed by atoms with E-state index >= 15 is 0 Å². The summed E-state index contributed by atoms with van der Waals surface area (Å²) in [6.45, 7) is 7.44. The summed E-state index contributed by atoms with van der Waals surface area (Å²) >= 11 is 0. The second kappa shape index (κ2) is 3.63. The Bertz CT molecular complexity index is 343. The summed E-state index contributed by atoms with van der Waals surface area (Å²) in [5.74, 6) is 0.407. The summed E-state index contributed by atoms with van der Waals surface area (Å²) in [5.41, 5.74) is 1.29. The smallest absolute Gasteiger partial charge is 0.0989 e. The van der Waals surface area contributed by atoms with Crippen molar-refractivity contribution in [2.24, 2.45) is 11.3 Å². The van der Waals surface area contributed by atoms with Gasteiger partial charge in [-0.05, 0) is 30.2 Å². The Morgan fingerprint density at radius 2 is 2.33 bits per heavy atom. The van der Waals surface area contributed by atoms with Gasteiger partial charge in [0.1, 0.15) is 0 Å². The third-order valence-corrected chi connectivity index (χ3v) is 3.46. The summed E-state index contributed by atoms with van der Waals surface area (Å²) < 4.78 is 1.93. The zero-order chi connectivity index (χ0) is 11.1. The Morgan fingerprint density at radius 3 is 2.87 bits per heavy atom. The Hall–Kier alpha value is -0.830. The number of rotatable bonds is 4. The number of aliphatic hydroxyl groups excluding tert-OH is 1. The van der Waals surface area contributed by atoms with E-state index in [9.17, 15) is 5.11 Å². The number of aromatic nitrogens is 2. The first kappa shape index (κ1) is 10.7. The summed E-state index contributed by atoms with van der Waals surface area (Å²) in [6, 6.07) is 1.94. The molecule has 1 saturated carbocycles. The highest BCUT2D eigenvalue weighted by molar-refractivity contribution is 5.12. The van der Waals surface area contributed by atoms with E-state index in [1.165, 1.54) is 0 Å². The Balaban J connectivity index is 2.12. The van der Waals surface area contributed by atoms with E-state index in [2.05, 4.69) is 25.9 Å². The molecule has 0 bridgehead atoms. The molecule has 2 unspecified atom stereocenters. The van der Waals surface area contributed by atoms with Crippen molar-refractivity contribution in [3.05, 3.63) is 18.0 Å². The first-order valence-electron chi connectivity index (χ1n) is 5.76. The van der Waals surface area contributed by atoms with Crippen LogP contribution in [0.15, 0.2) is 12.3 Å². The molecule has 2 rings (SSSR count). The topological polar surface area (TPSA) is 38.0 Å². The lowest BCUT2D eigenvalue weighted by molar-refractivity contribution is 0.128. The van der Waals surface area contributed by atoms with Crippen LogP contribution in [-0.4, -0.2) is 14.9 Å². The normalized spacial score (nSPS) is 25.2. The van der Waals surface area contributed by atoms with Crippen LogP contribution in [0.2, 0.25) is 0 Å². The molecule has 0 amide bonds. The molecule has 15 heavy (non-hydrogen) atoms. The fourth-order valence-electron chi connectivity index (χ4n) is 2.25. The van der Waals surface area contributed by atoms with Crippen molar-refractivity contribution >= 4 is 0 Å². The van der Waals surface area contributed by atoms with Crippen LogP contribution in [0.25, 0.3) is 0 Å². The van der Waals surface area contributed by atoms with Crippen LogP contribution in [0.1, 0.15) is 45.4 Å². The fourth-order valence-corrected chi connectivity index (χ4v) is 2.25. The van der Waals surface area contributed by atoms with Crippen LogP contribution in [0.4, 0.5) is 0 Å².